The van der Waals surface area contributed by atoms with Crippen LogP contribution < -0.4 is 5.32 Å². The fourth-order valence-corrected chi connectivity index (χ4v) is 1.90. The molecule has 0 saturated carbocycles. The third-order valence-electron chi connectivity index (χ3n) is 3.29. The summed E-state index contributed by atoms with van der Waals surface area (Å²) < 4.78 is 0.751. The minimum atomic E-state index is 0.199. The second kappa shape index (κ2) is 5.69. The Kier molecular flexibility index (Phi) is 4.81. The molecule has 1 aromatic rings. The van der Waals surface area contributed by atoms with Crippen LogP contribution in [0.4, 0.5) is 0 Å². The van der Waals surface area contributed by atoms with E-state index in [9.17, 15) is 5.11 Å². The third-order valence-corrected chi connectivity index (χ3v) is 3.93. The minimum absolute atomic E-state index is 0.199. The summed E-state index contributed by atoms with van der Waals surface area (Å²) in [6.07, 6.45) is 2.23. The molecule has 1 rings (SSSR count). The Hall–Kier alpha value is -0.540. The number of phenolic OH excluding ortho intramolecular Hbond substituents is 1. The van der Waals surface area contributed by atoms with Gasteiger partial charge in [0.15, 0.2) is 0 Å². The van der Waals surface area contributed by atoms with E-state index in [0.717, 1.165) is 23.9 Å². The van der Waals surface area contributed by atoms with Crippen molar-refractivity contribution in [2.24, 2.45) is 0 Å². The molecule has 0 unspecified atom stereocenters. The fourth-order valence-electron chi connectivity index (χ4n) is 1.48. The summed E-state index contributed by atoms with van der Waals surface area (Å²) in [7, 11) is 0. The summed E-state index contributed by atoms with van der Waals surface area (Å²) in [4.78, 5) is 0. The lowest BCUT2D eigenvalue weighted by molar-refractivity contribution is 0.329. The van der Waals surface area contributed by atoms with Crippen molar-refractivity contribution in [2.45, 2.75) is 45.7 Å². The second-order valence-electron chi connectivity index (χ2n) is 4.41. The highest BCUT2D eigenvalue weighted by atomic mass is 79.9. The maximum atomic E-state index is 9.40. The summed E-state index contributed by atoms with van der Waals surface area (Å²) in [5.74, 6) is 0.289. The van der Waals surface area contributed by atoms with Crippen LogP contribution in [0.2, 0.25) is 0 Å². The Balaban J connectivity index is 2.64. The van der Waals surface area contributed by atoms with Gasteiger partial charge in [-0.3, -0.25) is 0 Å². The molecule has 0 amide bonds. The molecule has 0 fully saturated rings. The van der Waals surface area contributed by atoms with Crippen molar-refractivity contribution in [3.8, 4) is 5.75 Å². The molecule has 0 saturated heterocycles. The highest BCUT2D eigenvalue weighted by Crippen LogP contribution is 2.24. The predicted octanol–water partition coefficient (Wildman–Crippen LogP) is 3.82. The molecule has 0 aliphatic heterocycles. The summed E-state index contributed by atoms with van der Waals surface area (Å²) in [5, 5.41) is 13.0. The van der Waals surface area contributed by atoms with Gasteiger partial charge in [0, 0.05) is 12.1 Å². The Morgan fingerprint density at radius 3 is 2.44 bits per heavy atom. The zero-order chi connectivity index (χ0) is 12.2. The van der Waals surface area contributed by atoms with Crippen LogP contribution in [0, 0.1) is 0 Å². The molecule has 16 heavy (non-hydrogen) atoms. The topological polar surface area (TPSA) is 32.3 Å². The molecule has 0 aromatic heterocycles. The van der Waals surface area contributed by atoms with Crippen LogP contribution in [0.5, 0.6) is 5.75 Å². The van der Waals surface area contributed by atoms with E-state index in [0.29, 0.717) is 0 Å². The van der Waals surface area contributed by atoms with E-state index >= 15 is 0 Å². The monoisotopic (exact) mass is 285 g/mol. The maximum Gasteiger partial charge on any atom is 0.129 e. The standard InChI is InChI=1S/C13H20BrNO/c1-4-13(3,5-2)15-9-10-6-7-12(16)11(14)8-10/h6-8,15-16H,4-5,9H2,1-3H3. The Labute approximate surface area is 106 Å². The molecule has 0 radical (unpaired) electrons. The molecule has 90 valence electrons. The van der Waals surface area contributed by atoms with Gasteiger partial charge in [-0.25, -0.2) is 0 Å². The summed E-state index contributed by atoms with van der Waals surface area (Å²) in [5.41, 5.74) is 1.38. The van der Waals surface area contributed by atoms with Crippen LogP contribution >= 0.6 is 15.9 Å². The quantitative estimate of drug-likeness (QED) is 0.862. The number of rotatable bonds is 5. The largest absolute Gasteiger partial charge is 0.507 e. The maximum absolute atomic E-state index is 9.40. The Bertz CT molecular complexity index is 348. The molecular formula is C13H20BrNO. The zero-order valence-electron chi connectivity index (χ0n) is 10.2. The molecule has 0 heterocycles. The average Bonchev–Trinajstić information content (AvgIpc) is 2.30. The van der Waals surface area contributed by atoms with E-state index in [4.69, 9.17) is 0 Å². The van der Waals surface area contributed by atoms with E-state index in [1.807, 2.05) is 12.1 Å². The van der Waals surface area contributed by atoms with Crippen LogP contribution in [-0.4, -0.2) is 10.6 Å². The smallest absolute Gasteiger partial charge is 0.129 e. The van der Waals surface area contributed by atoms with Crippen molar-refractivity contribution in [3.05, 3.63) is 28.2 Å². The molecular weight excluding hydrogens is 266 g/mol. The third kappa shape index (κ3) is 3.49. The highest BCUT2D eigenvalue weighted by molar-refractivity contribution is 9.10. The van der Waals surface area contributed by atoms with Gasteiger partial charge < -0.3 is 10.4 Å². The van der Waals surface area contributed by atoms with Gasteiger partial charge in [-0.1, -0.05) is 19.9 Å². The lowest BCUT2D eigenvalue weighted by atomic mass is 9.95. The molecule has 3 heteroatoms. The molecule has 0 aliphatic rings. The van der Waals surface area contributed by atoms with Crippen molar-refractivity contribution < 1.29 is 5.11 Å². The van der Waals surface area contributed by atoms with Crippen molar-refractivity contribution in [1.29, 1.82) is 0 Å². The van der Waals surface area contributed by atoms with Gasteiger partial charge >= 0.3 is 0 Å². The normalized spacial score (nSPS) is 11.8. The first kappa shape index (κ1) is 13.5. The number of benzene rings is 1. The van der Waals surface area contributed by atoms with E-state index < -0.39 is 0 Å². The molecule has 0 spiro atoms. The Morgan fingerprint density at radius 1 is 1.31 bits per heavy atom. The summed E-state index contributed by atoms with van der Waals surface area (Å²) in [6.45, 7) is 7.46. The molecule has 0 atom stereocenters. The van der Waals surface area contributed by atoms with Gasteiger partial charge in [-0.05, 0) is 53.4 Å². The first-order valence-electron chi connectivity index (χ1n) is 5.73. The average molecular weight is 286 g/mol. The molecule has 2 N–H and O–H groups in total. The molecule has 0 bridgehead atoms. The SMILES string of the molecule is CCC(C)(CC)NCc1ccc(O)c(Br)c1. The molecule has 2 nitrogen and oxygen atoms in total. The van der Waals surface area contributed by atoms with Gasteiger partial charge in [-0.15, -0.1) is 0 Å². The number of phenols is 1. The number of aromatic hydroxyl groups is 1. The van der Waals surface area contributed by atoms with Crippen LogP contribution in [0.15, 0.2) is 22.7 Å². The predicted molar refractivity (Wildman–Crippen MR) is 71.6 cm³/mol. The van der Waals surface area contributed by atoms with E-state index in [2.05, 4.69) is 42.0 Å². The van der Waals surface area contributed by atoms with Crippen molar-refractivity contribution >= 4 is 15.9 Å². The van der Waals surface area contributed by atoms with Gasteiger partial charge in [0.05, 0.1) is 4.47 Å². The van der Waals surface area contributed by atoms with E-state index in [1.165, 1.54) is 5.56 Å². The van der Waals surface area contributed by atoms with Crippen LogP contribution in [-0.2, 0) is 6.54 Å². The summed E-state index contributed by atoms with van der Waals surface area (Å²) >= 11 is 3.32. The lowest BCUT2D eigenvalue weighted by Gasteiger charge is -2.28. The first-order valence-corrected chi connectivity index (χ1v) is 6.52. The zero-order valence-corrected chi connectivity index (χ0v) is 11.8. The van der Waals surface area contributed by atoms with Gasteiger partial charge in [0.2, 0.25) is 0 Å². The Morgan fingerprint density at radius 2 is 1.94 bits per heavy atom. The first-order chi connectivity index (χ1) is 7.50. The lowest BCUT2D eigenvalue weighted by Crippen LogP contribution is -2.40. The second-order valence-corrected chi connectivity index (χ2v) is 5.26. The molecule has 1 aromatic carbocycles. The van der Waals surface area contributed by atoms with E-state index in [-0.39, 0.29) is 11.3 Å². The highest BCUT2D eigenvalue weighted by Gasteiger charge is 2.18. The van der Waals surface area contributed by atoms with E-state index in [1.54, 1.807) is 6.07 Å². The van der Waals surface area contributed by atoms with Crippen LogP contribution in [0.3, 0.4) is 0 Å². The number of halogens is 1. The van der Waals surface area contributed by atoms with Gasteiger partial charge in [-0.2, -0.15) is 0 Å². The van der Waals surface area contributed by atoms with Gasteiger partial charge in [0.25, 0.3) is 0 Å². The van der Waals surface area contributed by atoms with Crippen molar-refractivity contribution in [3.63, 3.8) is 0 Å². The van der Waals surface area contributed by atoms with Crippen molar-refractivity contribution in [1.82, 2.24) is 5.32 Å². The van der Waals surface area contributed by atoms with Crippen LogP contribution in [0.1, 0.15) is 39.2 Å². The minimum Gasteiger partial charge on any atom is -0.507 e. The number of hydrogen-bond donors (Lipinski definition) is 2. The van der Waals surface area contributed by atoms with Gasteiger partial charge in [0.1, 0.15) is 5.75 Å². The number of nitrogens with one attached hydrogen (secondary N) is 1. The van der Waals surface area contributed by atoms with Crippen LogP contribution in [0.25, 0.3) is 0 Å². The number of hydrogen-bond acceptors (Lipinski definition) is 2. The molecule has 0 aliphatic carbocycles. The summed E-state index contributed by atoms with van der Waals surface area (Å²) in [6, 6.07) is 5.61. The fraction of sp³-hybridized carbons (Fsp3) is 0.538. The van der Waals surface area contributed by atoms with Crippen molar-refractivity contribution in [2.75, 3.05) is 0 Å².